The highest BCUT2D eigenvalue weighted by atomic mass is 15.2. The Morgan fingerprint density at radius 1 is 1.14 bits per heavy atom. The molecule has 0 fully saturated rings. The Labute approximate surface area is 131 Å². The van der Waals surface area contributed by atoms with E-state index in [1.54, 1.807) is 0 Å². The van der Waals surface area contributed by atoms with E-state index in [9.17, 15) is 0 Å². The van der Waals surface area contributed by atoms with E-state index < -0.39 is 0 Å². The van der Waals surface area contributed by atoms with Gasteiger partial charge < -0.3 is 10.2 Å². The van der Waals surface area contributed by atoms with Crippen molar-refractivity contribution in [1.29, 1.82) is 0 Å². The number of anilines is 1. The number of pyridine rings is 1. The number of nitrogens with zero attached hydrogens (tertiary/aromatic N) is 2. The van der Waals surface area contributed by atoms with Gasteiger partial charge in [0.1, 0.15) is 5.82 Å². The first-order valence-corrected chi connectivity index (χ1v) is 8.08. The van der Waals surface area contributed by atoms with Crippen molar-refractivity contribution in [2.24, 2.45) is 5.92 Å². The standard InChI is InChI=1S/C18H33N3/c1-13(2)12-21(14(3)4)17-10-9-16(15(5)20-17)11-19-18(6,7)8/h9-10,13-14,19H,11-12H2,1-8H3. The molecule has 0 aliphatic rings. The third-order valence-corrected chi connectivity index (χ3v) is 3.47. The average molecular weight is 291 g/mol. The van der Waals surface area contributed by atoms with Crippen molar-refractivity contribution in [1.82, 2.24) is 10.3 Å². The van der Waals surface area contributed by atoms with Gasteiger partial charge in [-0.05, 0) is 59.1 Å². The van der Waals surface area contributed by atoms with Gasteiger partial charge in [0.2, 0.25) is 0 Å². The zero-order chi connectivity index (χ0) is 16.2. The van der Waals surface area contributed by atoms with E-state index in [0.717, 1.165) is 24.6 Å². The number of hydrogen-bond donors (Lipinski definition) is 1. The molecule has 0 aliphatic carbocycles. The Morgan fingerprint density at radius 2 is 1.76 bits per heavy atom. The molecule has 1 aromatic heterocycles. The van der Waals surface area contributed by atoms with E-state index in [2.05, 4.69) is 77.7 Å². The number of nitrogens with one attached hydrogen (secondary N) is 1. The molecule has 3 nitrogen and oxygen atoms in total. The molecule has 21 heavy (non-hydrogen) atoms. The highest BCUT2D eigenvalue weighted by Gasteiger charge is 2.15. The van der Waals surface area contributed by atoms with Crippen molar-refractivity contribution in [3.8, 4) is 0 Å². The minimum atomic E-state index is 0.132. The predicted octanol–water partition coefficient (Wildman–Crippen LogP) is 4.15. The van der Waals surface area contributed by atoms with Crippen LogP contribution in [-0.2, 0) is 6.54 Å². The van der Waals surface area contributed by atoms with E-state index in [4.69, 9.17) is 4.98 Å². The van der Waals surface area contributed by atoms with Crippen LogP contribution in [0.3, 0.4) is 0 Å². The average Bonchev–Trinajstić information content (AvgIpc) is 2.32. The van der Waals surface area contributed by atoms with Crippen LogP contribution in [0.25, 0.3) is 0 Å². The lowest BCUT2D eigenvalue weighted by Gasteiger charge is -2.30. The normalized spacial score (nSPS) is 12.3. The lowest BCUT2D eigenvalue weighted by atomic mass is 10.1. The molecule has 0 radical (unpaired) electrons. The molecule has 0 spiro atoms. The van der Waals surface area contributed by atoms with Gasteiger partial charge in [0.15, 0.2) is 0 Å². The largest absolute Gasteiger partial charge is 0.354 e. The maximum absolute atomic E-state index is 4.83. The van der Waals surface area contributed by atoms with Crippen molar-refractivity contribution in [3.63, 3.8) is 0 Å². The molecule has 120 valence electrons. The van der Waals surface area contributed by atoms with E-state index >= 15 is 0 Å². The molecule has 1 heterocycles. The van der Waals surface area contributed by atoms with Gasteiger partial charge in [-0.25, -0.2) is 4.98 Å². The molecular weight excluding hydrogens is 258 g/mol. The third-order valence-electron chi connectivity index (χ3n) is 3.47. The van der Waals surface area contributed by atoms with Gasteiger partial charge in [0, 0.05) is 30.4 Å². The van der Waals surface area contributed by atoms with Crippen molar-refractivity contribution in [2.75, 3.05) is 11.4 Å². The van der Waals surface area contributed by atoms with E-state index in [1.807, 2.05) is 0 Å². The SMILES string of the molecule is Cc1nc(N(CC(C)C)C(C)C)ccc1CNC(C)(C)C. The lowest BCUT2D eigenvalue weighted by molar-refractivity contribution is 0.423. The molecule has 0 atom stereocenters. The molecule has 0 aliphatic heterocycles. The van der Waals surface area contributed by atoms with Gasteiger partial charge in [-0.15, -0.1) is 0 Å². The maximum Gasteiger partial charge on any atom is 0.129 e. The van der Waals surface area contributed by atoms with E-state index in [-0.39, 0.29) is 5.54 Å². The number of aromatic nitrogens is 1. The number of hydrogen-bond acceptors (Lipinski definition) is 3. The molecule has 1 aromatic rings. The van der Waals surface area contributed by atoms with E-state index in [1.165, 1.54) is 5.56 Å². The molecular formula is C18H33N3. The molecule has 0 bridgehead atoms. The third kappa shape index (κ3) is 6.04. The van der Waals surface area contributed by atoms with Gasteiger partial charge in [-0.1, -0.05) is 19.9 Å². The summed E-state index contributed by atoms with van der Waals surface area (Å²) < 4.78 is 0. The summed E-state index contributed by atoms with van der Waals surface area (Å²) in [4.78, 5) is 7.22. The van der Waals surface area contributed by atoms with Crippen molar-refractivity contribution >= 4 is 5.82 Å². The lowest BCUT2D eigenvalue weighted by Crippen LogP contribution is -2.36. The fourth-order valence-electron chi connectivity index (χ4n) is 2.25. The molecule has 0 saturated heterocycles. The number of rotatable bonds is 6. The molecule has 1 rings (SSSR count). The quantitative estimate of drug-likeness (QED) is 0.853. The van der Waals surface area contributed by atoms with Crippen LogP contribution in [-0.4, -0.2) is 23.1 Å². The van der Waals surface area contributed by atoms with Crippen molar-refractivity contribution in [3.05, 3.63) is 23.4 Å². The second-order valence-corrected chi connectivity index (χ2v) is 7.66. The van der Waals surface area contributed by atoms with Gasteiger partial charge >= 0.3 is 0 Å². The first-order valence-electron chi connectivity index (χ1n) is 8.08. The summed E-state index contributed by atoms with van der Waals surface area (Å²) in [5.41, 5.74) is 2.53. The zero-order valence-electron chi connectivity index (χ0n) is 15.1. The van der Waals surface area contributed by atoms with Crippen LogP contribution in [0.15, 0.2) is 12.1 Å². The van der Waals surface area contributed by atoms with Crippen LogP contribution in [0.2, 0.25) is 0 Å². The fourth-order valence-corrected chi connectivity index (χ4v) is 2.25. The fraction of sp³-hybridized carbons (Fsp3) is 0.722. The van der Waals surface area contributed by atoms with E-state index in [0.29, 0.717) is 12.0 Å². The second-order valence-electron chi connectivity index (χ2n) is 7.66. The molecule has 0 unspecified atom stereocenters. The van der Waals surface area contributed by atoms with Gasteiger partial charge in [0.25, 0.3) is 0 Å². The predicted molar refractivity (Wildman–Crippen MR) is 92.9 cm³/mol. The van der Waals surface area contributed by atoms with Crippen LogP contribution in [0.5, 0.6) is 0 Å². The van der Waals surface area contributed by atoms with Crippen LogP contribution in [0, 0.1) is 12.8 Å². The molecule has 1 N–H and O–H groups in total. The molecule has 0 saturated carbocycles. The van der Waals surface area contributed by atoms with Gasteiger partial charge in [0.05, 0.1) is 0 Å². The highest BCUT2D eigenvalue weighted by molar-refractivity contribution is 5.42. The Hall–Kier alpha value is -1.09. The smallest absolute Gasteiger partial charge is 0.129 e. The first-order chi connectivity index (χ1) is 9.60. The summed E-state index contributed by atoms with van der Waals surface area (Å²) in [7, 11) is 0. The highest BCUT2D eigenvalue weighted by Crippen LogP contribution is 2.19. The van der Waals surface area contributed by atoms with Crippen LogP contribution in [0.4, 0.5) is 5.82 Å². The Balaban J connectivity index is 2.89. The van der Waals surface area contributed by atoms with Crippen LogP contribution in [0.1, 0.15) is 59.7 Å². The Kier molecular flexibility index (Phi) is 6.21. The molecule has 0 amide bonds. The summed E-state index contributed by atoms with van der Waals surface area (Å²) in [6.07, 6.45) is 0. The molecule has 0 aromatic carbocycles. The summed E-state index contributed by atoms with van der Waals surface area (Å²) in [6.45, 7) is 19.6. The van der Waals surface area contributed by atoms with Gasteiger partial charge in [-0.2, -0.15) is 0 Å². The number of aryl methyl sites for hydroxylation is 1. The minimum absolute atomic E-state index is 0.132. The summed E-state index contributed by atoms with van der Waals surface area (Å²) >= 11 is 0. The molecule has 3 heteroatoms. The minimum Gasteiger partial charge on any atom is -0.354 e. The topological polar surface area (TPSA) is 28.2 Å². The summed E-state index contributed by atoms with van der Waals surface area (Å²) in [5, 5.41) is 3.53. The monoisotopic (exact) mass is 291 g/mol. The van der Waals surface area contributed by atoms with Crippen LogP contribution < -0.4 is 10.2 Å². The van der Waals surface area contributed by atoms with Gasteiger partial charge in [-0.3, -0.25) is 0 Å². The zero-order valence-corrected chi connectivity index (χ0v) is 15.1. The second kappa shape index (κ2) is 7.26. The first kappa shape index (κ1) is 18.0. The summed E-state index contributed by atoms with van der Waals surface area (Å²) in [6, 6.07) is 4.85. The Morgan fingerprint density at radius 3 is 2.19 bits per heavy atom. The van der Waals surface area contributed by atoms with Crippen molar-refractivity contribution in [2.45, 2.75) is 73.5 Å². The summed E-state index contributed by atoms with van der Waals surface area (Å²) in [5.74, 6) is 1.73. The maximum atomic E-state index is 4.83. The Bertz CT molecular complexity index is 444. The van der Waals surface area contributed by atoms with Crippen LogP contribution >= 0.6 is 0 Å². The van der Waals surface area contributed by atoms with Crippen molar-refractivity contribution < 1.29 is 0 Å².